The van der Waals surface area contributed by atoms with Crippen molar-refractivity contribution in [3.05, 3.63) is 42.0 Å². The van der Waals surface area contributed by atoms with Crippen LogP contribution in [0.1, 0.15) is 26.7 Å². The molecule has 2 atom stereocenters. The molecule has 1 aromatic carbocycles. The first-order chi connectivity index (χ1) is 9.41. The predicted octanol–water partition coefficient (Wildman–Crippen LogP) is 2.50. The highest BCUT2D eigenvalue weighted by molar-refractivity contribution is 7.92. The summed E-state index contributed by atoms with van der Waals surface area (Å²) < 4.78 is 30.6. The molecule has 1 aliphatic heterocycles. The third-order valence-corrected chi connectivity index (χ3v) is 5.30. The van der Waals surface area contributed by atoms with Gasteiger partial charge in [0, 0.05) is 6.42 Å². The minimum absolute atomic E-state index is 0.255. The Morgan fingerprint density at radius 3 is 2.45 bits per heavy atom. The smallest absolute Gasteiger partial charge is 0.306 e. The van der Waals surface area contributed by atoms with Crippen LogP contribution >= 0.6 is 0 Å². The van der Waals surface area contributed by atoms with Crippen LogP contribution in [-0.2, 0) is 19.4 Å². The van der Waals surface area contributed by atoms with Crippen LogP contribution in [0.25, 0.3) is 0 Å². The largest absolute Gasteiger partial charge is 0.461 e. The number of sulfone groups is 1. The van der Waals surface area contributed by atoms with Gasteiger partial charge in [-0.3, -0.25) is 4.79 Å². The lowest BCUT2D eigenvalue weighted by Crippen LogP contribution is -2.32. The van der Waals surface area contributed by atoms with Gasteiger partial charge in [0.25, 0.3) is 0 Å². The lowest BCUT2D eigenvalue weighted by Gasteiger charge is -2.20. The molecule has 0 N–H and O–H groups in total. The van der Waals surface area contributed by atoms with E-state index in [1.807, 2.05) is 13.8 Å². The molecule has 1 aliphatic rings. The summed E-state index contributed by atoms with van der Waals surface area (Å²) in [5, 5.41) is -0.818. The third-order valence-electron chi connectivity index (χ3n) is 3.21. The highest BCUT2D eigenvalue weighted by Gasteiger charge is 2.38. The van der Waals surface area contributed by atoms with Gasteiger partial charge in [0.15, 0.2) is 9.84 Å². The van der Waals surface area contributed by atoms with E-state index in [2.05, 4.69) is 0 Å². The van der Waals surface area contributed by atoms with E-state index in [1.54, 1.807) is 36.4 Å². The molecule has 1 saturated heterocycles. The SMILES string of the molecule is CC(C)=CC(C1CCC(=O)O1)S(=O)(=O)c1ccccc1. The zero-order chi connectivity index (χ0) is 14.8. The monoisotopic (exact) mass is 294 g/mol. The first-order valence-corrected chi connectivity index (χ1v) is 8.09. The van der Waals surface area contributed by atoms with E-state index in [-0.39, 0.29) is 17.3 Å². The number of carbonyl (C=O) groups is 1. The van der Waals surface area contributed by atoms with Crippen molar-refractivity contribution in [2.75, 3.05) is 0 Å². The second kappa shape index (κ2) is 5.79. The Kier molecular flexibility index (Phi) is 4.28. The zero-order valence-corrected chi connectivity index (χ0v) is 12.4. The number of hydrogen-bond acceptors (Lipinski definition) is 4. The molecule has 108 valence electrons. The van der Waals surface area contributed by atoms with Crippen molar-refractivity contribution in [2.45, 2.75) is 42.9 Å². The van der Waals surface area contributed by atoms with Crippen molar-refractivity contribution in [2.24, 2.45) is 0 Å². The van der Waals surface area contributed by atoms with E-state index >= 15 is 0 Å². The van der Waals surface area contributed by atoms with Gasteiger partial charge in [-0.05, 0) is 32.4 Å². The molecule has 0 spiro atoms. The molecule has 0 amide bonds. The van der Waals surface area contributed by atoms with E-state index in [0.717, 1.165) is 5.57 Å². The van der Waals surface area contributed by atoms with Crippen molar-refractivity contribution in [1.82, 2.24) is 0 Å². The van der Waals surface area contributed by atoms with Gasteiger partial charge < -0.3 is 4.74 Å². The molecule has 1 aromatic rings. The summed E-state index contributed by atoms with van der Waals surface area (Å²) >= 11 is 0. The van der Waals surface area contributed by atoms with Crippen LogP contribution in [0, 0.1) is 0 Å². The molecule has 5 heteroatoms. The number of ether oxygens (including phenoxy) is 1. The minimum atomic E-state index is -3.56. The van der Waals surface area contributed by atoms with Gasteiger partial charge >= 0.3 is 5.97 Å². The fourth-order valence-corrected chi connectivity index (χ4v) is 4.16. The first kappa shape index (κ1) is 14.8. The van der Waals surface area contributed by atoms with Crippen LogP contribution in [0.4, 0.5) is 0 Å². The van der Waals surface area contributed by atoms with Crippen molar-refractivity contribution >= 4 is 15.8 Å². The second-order valence-electron chi connectivity index (χ2n) is 5.13. The molecule has 0 aromatic heterocycles. The topological polar surface area (TPSA) is 60.4 Å². The summed E-state index contributed by atoms with van der Waals surface area (Å²) in [6.07, 6.45) is 1.80. The number of hydrogen-bond donors (Lipinski definition) is 0. The van der Waals surface area contributed by atoms with Gasteiger partial charge in [0.2, 0.25) is 0 Å². The van der Waals surface area contributed by atoms with Gasteiger partial charge in [-0.25, -0.2) is 8.42 Å². The summed E-state index contributed by atoms with van der Waals surface area (Å²) in [7, 11) is -3.56. The minimum Gasteiger partial charge on any atom is -0.461 e. The maximum atomic E-state index is 12.7. The Hall–Kier alpha value is -1.62. The predicted molar refractivity (Wildman–Crippen MR) is 76.0 cm³/mol. The Labute approximate surface area is 119 Å². The highest BCUT2D eigenvalue weighted by Crippen LogP contribution is 2.28. The molecule has 0 radical (unpaired) electrons. The average Bonchev–Trinajstić information content (AvgIpc) is 2.83. The normalized spacial score (nSPS) is 20.3. The average molecular weight is 294 g/mol. The molecule has 1 fully saturated rings. The molecule has 0 bridgehead atoms. The zero-order valence-electron chi connectivity index (χ0n) is 11.6. The fraction of sp³-hybridized carbons (Fsp3) is 0.400. The van der Waals surface area contributed by atoms with E-state index in [1.165, 1.54) is 0 Å². The van der Waals surface area contributed by atoms with Crippen LogP contribution in [0.5, 0.6) is 0 Å². The quantitative estimate of drug-likeness (QED) is 0.632. The molecule has 2 rings (SSSR count). The van der Waals surface area contributed by atoms with E-state index in [9.17, 15) is 13.2 Å². The standard InChI is InChI=1S/C15H18O4S/c1-11(2)10-14(13-8-9-15(16)19-13)20(17,18)12-6-4-3-5-7-12/h3-7,10,13-14H,8-9H2,1-2H3. The third kappa shape index (κ3) is 3.10. The number of carbonyl (C=O) groups excluding carboxylic acids is 1. The van der Waals surface area contributed by atoms with Crippen molar-refractivity contribution in [1.29, 1.82) is 0 Å². The fourth-order valence-electron chi connectivity index (χ4n) is 2.27. The lowest BCUT2D eigenvalue weighted by molar-refractivity contribution is -0.141. The van der Waals surface area contributed by atoms with Gasteiger partial charge in [-0.2, -0.15) is 0 Å². The number of allylic oxidation sites excluding steroid dienone is 1. The summed E-state index contributed by atoms with van der Waals surface area (Å²) in [6.45, 7) is 3.68. The highest BCUT2D eigenvalue weighted by atomic mass is 32.2. The molecule has 0 aliphatic carbocycles. The maximum Gasteiger partial charge on any atom is 0.306 e. The van der Waals surface area contributed by atoms with E-state index in [0.29, 0.717) is 6.42 Å². The number of rotatable bonds is 4. The summed E-state index contributed by atoms with van der Waals surface area (Å²) in [4.78, 5) is 11.5. The lowest BCUT2D eigenvalue weighted by atomic mass is 10.1. The molecule has 0 saturated carbocycles. The van der Waals surface area contributed by atoms with Crippen LogP contribution in [0.15, 0.2) is 46.9 Å². The van der Waals surface area contributed by atoms with Gasteiger partial charge in [-0.15, -0.1) is 0 Å². The van der Waals surface area contributed by atoms with Crippen LogP contribution in [0.3, 0.4) is 0 Å². The van der Waals surface area contributed by atoms with Crippen molar-refractivity contribution < 1.29 is 17.9 Å². The van der Waals surface area contributed by atoms with Crippen molar-refractivity contribution in [3.8, 4) is 0 Å². The Morgan fingerprint density at radius 2 is 1.95 bits per heavy atom. The number of benzene rings is 1. The number of esters is 1. The molecular weight excluding hydrogens is 276 g/mol. The summed E-state index contributed by atoms with van der Waals surface area (Å²) in [6, 6.07) is 8.28. The van der Waals surface area contributed by atoms with Crippen LogP contribution in [-0.4, -0.2) is 25.7 Å². The molecular formula is C15H18O4S. The van der Waals surface area contributed by atoms with E-state index in [4.69, 9.17) is 4.74 Å². The summed E-state index contributed by atoms with van der Waals surface area (Å²) in [5.41, 5.74) is 0.887. The van der Waals surface area contributed by atoms with Crippen LogP contribution < -0.4 is 0 Å². The molecule has 20 heavy (non-hydrogen) atoms. The number of cyclic esters (lactones) is 1. The van der Waals surface area contributed by atoms with E-state index < -0.39 is 21.2 Å². The Balaban J connectivity index is 2.41. The van der Waals surface area contributed by atoms with Crippen molar-refractivity contribution in [3.63, 3.8) is 0 Å². The molecule has 4 nitrogen and oxygen atoms in total. The maximum absolute atomic E-state index is 12.7. The van der Waals surface area contributed by atoms with Crippen LogP contribution in [0.2, 0.25) is 0 Å². The Bertz CT molecular complexity index is 613. The summed E-state index contributed by atoms with van der Waals surface area (Å²) in [5.74, 6) is -0.328. The Morgan fingerprint density at radius 1 is 1.30 bits per heavy atom. The molecule has 2 unspecified atom stereocenters. The van der Waals surface area contributed by atoms with Gasteiger partial charge in [-0.1, -0.05) is 29.8 Å². The van der Waals surface area contributed by atoms with Gasteiger partial charge in [0.05, 0.1) is 4.90 Å². The van der Waals surface area contributed by atoms with Gasteiger partial charge in [0.1, 0.15) is 11.4 Å². The molecule has 1 heterocycles. The first-order valence-electron chi connectivity index (χ1n) is 6.54. The second-order valence-corrected chi connectivity index (χ2v) is 7.24.